The summed E-state index contributed by atoms with van der Waals surface area (Å²) >= 11 is 0. The number of primary amides is 1. The molecule has 5 N–H and O–H groups in total. The number of hydrogen-bond donors (Lipinski definition) is 4. The summed E-state index contributed by atoms with van der Waals surface area (Å²) in [5.41, 5.74) is 7.74. The first-order valence-corrected chi connectivity index (χ1v) is 14.0. The van der Waals surface area contributed by atoms with Crippen LogP contribution in [0.25, 0.3) is 11.0 Å². The number of aromatic amines is 1. The lowest BCUT2D eigenvalue weighted by molar-refractivity contribution is 0.0993. The minimum atomic E-state index is -0.747. The van der Waals surface area contributed by atoms with Crippen LogP contribution in [0.1, 0.15) is 49.0 Å². The van der Waals surface area contributed by atoms with E-state index in [1.54, 1.807) is 22.9 Å². The summed E-state index contributed by atoms with van der Waals surface area (Å²) in [5.74, 6) is 1.41. The van der Waals surface area contributed by atoms with E-state index in [4.69, 9.17) is 15.2 Å². The Morgan fingerprint density at radius 2 is 1.98 bits per heavy atom. The van der Waals surface area contributed by atoms with Gasteiger partial charge in [0.05, 0.1) is 5.52 Å². The highest BCUT2D eigenvalue weighted by Gasteiger charge is 2.23. The lowest BCUT2D eigenvalue weighted by atomic mass is 9.94. The van der Waals surface area contributed by atoms with E-state index in [9.17, 15) is 14.7 Å². The third-order valence-corrected chi connectivity index (χ3v) is 7.28. The Morgan fingerprint density at radius 1 is 1.20 bits per heavy atom. The first kappa shape index (κ1) is 28.4. The number of hydrogen-bond acceptors (Lipinski definition) is 7. The smallest absolute Gasteiger partial charge is 0.326 e. The molecule has 1 fully saturated rings. The summed E-state index contributed by atoms with van der Waals surface area (Å²) in [7, 11) is 0. The largest absolute Gasteiger partial charge is 0.489 e. The molecule has 2 aromatic carbocycles. The van der Waals surface area contributed by atoms with E-state index in [1.165, 1.54) is 12.8 Å². The van der Waals surface area contributed by atoms with E-state index in [-0.39, 0.29) is 29.3 Å². The zero-order valence-electron chi connectivity index (χ0n) is 23.4. The number of fused-ring (bicyclic) bond motifs is 1. The molecule has 10 heteroatoms. The molecule has 4 aromatic rings. The number of aromatic nitrogens is 3. The molecule has 0 bridgehead atoms. The molecule has 1 amide bonds. The maximum atomic E-state index is 12.5. The SMILES string of the molecule is CC(C)(Cc1ccc(Oc2ncccc2C(N)=O)cc1)NCC(O)COc1cccc2[nH]c(=O)n(CCC3CC3)c12. The number of H-pyrrole nitrogens is 1. The Balaban J connectivity index is 1.13. The van der Waals surface area contributed by atoms with E-state index in [0.717, 1.165) is 23.0 Å². The van der Waals surface area contributed by atoms with Crippen molar-refractivity contribution in [1.82, 2.24) is 19.9 Å². The molecule has 1 unspecified atom stereocenters. The summed E-state index contributed by atoms with van der Waals surface area (Å²) < 4.78 is 13.5. The molecular formula is C31H37N5O5. The lowest BCUT2D eigenvalue weighted by Gasteiger charge is -2.28. The average molecular weight is 560 g/mol. The van der Waals surface area contributed by atoms with Crippen molar-refractivity contribution in [3.8, 4) is 17.4 Å². The minimum Gasteiger partial charge on any atom is -0.489 e. The van der Waals surface area contributed by atoms with Crippen molar-refractivity contribution in [1.29, 1.82) is 0 Å². The van der Waals surface area contributed by atoms with Gasteiger partial charge in [-0.1, -0.05) is 31.0 Å². The molecule has 1 aliphatic rings. The van der Waals surface area contributed by atoms with Gasteiger partial charge in [-0.25, -0.2) is 9.78 Å². The predicted octanol–water partition coefficient (Wildman–Crippen LogP) is 3.77. The first-order chi connectivity index (χ1) is 19.7. The van der Waals surface area contributed by atoms with Crippen LogP contribution in [0.15, 0.2) is 65.6 Å². The quantitative estimate of drug-likeness (QED) is 0.184. The molecule has 0 saturated heterocycles. The number of carbonyl (C=O) groups excluding carboxylic acids is 1. The predicted molar refractivity (Wildman–Crippen MR) is 156 cm³/mol. The van der Waals surface area contributed by atoms with E-state index in [0.29, 0.717) is 36.9 Å². The van der Waals surface area contributed by atoms with Crippen LogP contribution in [0, 0.1) is 5.92 Å². The fraction of sp³-hybridized carbons (Fsp3) is 0.387. The number of para-hydroxylation sites is 1. The van der Waals surface area contributed by atoms with Crippen molar-refractivity contribution in [3.05, 3.63) is 82.4 Å². The molecule has 0 spiro atoms. The van der Waals surface area contributed by atoms with Crippen molar-refractivity contribution in [2.24, 2.45) is 11.7 Å². The first-order valence-electron chi connectivity index (χ1n) is 14.0. The minimum absolute atomic E-state index is 0.0943. The number of rotatable bonds is 14. The molecule has 0 radical (unpaired) electrons. The Bertz CT molecular complexity index is 1560. The number of aryl methyl sites for hydroxylation is 1. The third kappa shape index (κ3) is 7.33. The summed E-state index contributed by atoms with van der Waals surface area (Å²) in [6, 6.07) is 16.3. The highest BCUT2D eigenvalue weighted by molar-refractivity contribution is 5.95. The molecule has 2 heterocycles. The molecule has 5 rings (SSSR count). The normalized spacial score (nSPS) is 14.2. The summed E-state index contributed by atoms with van der Waals surface area (Å²) in [5, 5.41) is 14.1. The number of nitrogens with one attached hydrogen (secondary N) is 2. The van der Waals surface area contributed by atoms with Gasteiger partial charge in [0.2, 0.25) is 5.88 Å². The second-order valence-electron chi connectivity index (χ2n) is 11.3. The molecular weight excluding hydrogens is 522 g/mol. The van der Waals surface area contributed by atoms with Crippen LogP contribution in [-0.4, -0.2) is 50.3 Å². The van der Waals surface area contributed by atoms with Gasteiger partial charge in [0.25, 0.3) is 5.91 Å². The van der Waals surface area contributed by atoms with Gasteiger partial charge in [0, 0.05) is 24.8 Å². The Kier molecular flexibility index (Phi) is 8.41. The molecule has 10 nitrogen and oxygen atoms in total. The highest BCUT2D eigenvalue weighted by atomic mass is 16.5. The number of ether oxygens (including phenoxy) is 2. The van der Waals surface area contributed by atoms with Crippen molar-refractivity contribution in [2.45, 2.75) is 57.7 Å². The van der Waals surface area contributed by atoms with Crippen LogP contribution < -0.4 is 26.2 Å². The summed E-state index contributed by atoms with van der Waals surface area (Å²) in [6.07, 6.45) is 4.95. The number of carbonyl (C=O) groups is 1. The second kappa shape index (κ2) is 12.2. The Labute approximate surface area is 238 Å². The maximum Gasteiger partial charge on any atom is 0.326 e. The topological polar surface area (TPSA) is 144 Å². The number of aliphatic hydroxyl groups is 1. The Morgan fingerprint density at radius 3 is 2.71 bits per heavy atom. The number of nitrogens with zero attached hydrogens (tertiary/aromatic N) is 2. The standard InChI is InChI=1S/C31H37N5O5/c1-31(2,17-21-10-12-23(13-11-21)41-29-24(28(32)38)5-4-15-33-29)34-18-22(37)19-40-26-7-3-6-25-27(26)36(30(39)35-25)16-14-20-8-9-20/h3-7,10-13,15,20,22,34,37H,8-9,14,16-19H2,1-2H3,(H2,32,38)(H,35,39). The van der Waals surface area contributed by atoms with Crippen LogP contribution in [0.2, 0.25) is 0 Å². The number of aliphatic hydroxyl groups excluding tert-OH is 1. The zero-order valence-corrected chi connectivity index (χ0v) is 23.4. The molecule has 2 aromatic heterocycles. The summed E-state index contributed by atoms with van der Waals surface area (Å²) in [6.45, 7) is 5.22. The van der Waals surface area contributed by atoms with Crippen LogP contribution in [-0.2, 0) is 13.0 Å². The fourth-order valence-corrected chi connectivity index (χ4v) is 4.89. The van der Waals surface area contributed by atoms with Gasteiger partial charge >= 0.3 is 5.69 Å². The van der Waals surface area contributed by atoms with Crippen LogP contribution in [0.4, 0.5) is 0 Å². The van der Waals surface area contributed by atoms with Crippen molar-refractivity contribution in [3.63, 3.8) is 0 Å². The molecule has 1 aliphatic carbocycles. The van der Waals surface area contributed by atoms with Gasteiger partial charge < -0.3 is 30.6 Å². The van der Waals surface area contributed by atoms with Gasteiger partial charge in [-0.2, -0.15) is 0 Å². The number of benzene rings is 2. The number of β-amino-alcohol motifs (C(OH)–C–C–N with tert-alkyl or cyclic N) is 1. The van der Waals surface area contributed by atoms with Crippen molar-refractivity contribution < 1.29 is 19.4 Å². The number of amides is 1. The third-order valence-electron chi connectivity index (χ3n) is 7.28. The van der Waals surface area contributed by atoms with Crippen LogP contribution in [0.3, 0.4) is 0 Å². The van der Waals surface area contributed by atoms with E-state index in [2.05, 4.69) is 29.1 Å². The number of nitrogens with two attached hydrogens (primary N) is 1. The van der Waals surface area contributed by atoms with E-state index in [1.807, 2.05) is 42.5 Å². The van der Waals surface area contributed by atoms with Crippen molar-refractivity contribution in [2.75, 3.05) is 13.2 Å². The number of pyridine rings is 1. The van der Waals surface area contributed by atoms with Gasteiger partial charge in [-0.3, -0.25) is 9.36 Å². The molecule has 0 aliphatic heterocycles. The zero-order chi connectivity index (χ0) is 29.0. The fourth-order valence-electron chi connectivity index (χ4n) is 4.89. The molecule has 1 saturated carbocycles. The molecule has 41 heavy (non-hydrogen) atoms. The Hall–Kier alpha value is -4.15. The molecule has 1 atom stereocenters. The second-order valence-corrected chi connectivity index (χ2v) is 11.3. The van der Waals surface area contributed by atoms with Crippen LogP contribution >= 0.6 is 0 Å². The van der Waals surface area contributed by atoms with E-state index >= 15 is 0 Å². The van der Waals surface area contributed by atoms with Gasteiger partial charge in [0.1, 0.15) is 35.3 Å². The maximum absolute atomic E-state index is 12.5. The molecule has 216 valence electrons. The monoisotopic (exact) mass is 559 g/mol. The average Bonchev–Trinajstić information content (AvgIpc) is 3.72. The number of imidazole rings is 1. The van der Waals surface area contributed by atoms with Gasteiger partial charge in [-0.05, 0) is 74.6 Å². The summed E-state index contributed by atoms with van der Waals surface area (Å²) in [4.78, 5) is 31.2. The van der Waals surface area contributed by atoms with Crippen LogP contribution in [0.5, 0.6) is 17.4 Å². The van der Waals surface area contributed by atoms with Crippen molar-refractivity contribution >= 4 is 16.9 Å². The highest BCUT2D eigenvalue weighted by Crippen LogP contribution is 2.33. The lowest BCUT2D eigenvalue weighted by Crippen LogP contribution is -2.46. The van der Waals surface area contributed by atoms with Gasteiger partial charge in [0.15, 0.2) is 0 Å². The van der Waals surface area contributed by atoms with Gasteiger partial charge in [-0.15, -0.1) is 0 Å². The van der Waals surface area contributed by atoms with E-state index < -0.39 is 12.0 Å².